The molecule has 0 saturated heterocycles. The Hall–Kier alpha value is -3.60. The Labute approximate surface area is 176 Å². The maximum atomic E-state index is 12.7. The number of hydrogen-bond acceptors (Lipinski definition) is 3. The minimum atomic E-state index is -0.147. The Morgan fingerprint density at radius 3 is 2.53 bits per heavy atom. The average Bonchev–Trinajstić information content (AvgIpc) is 2.76. The molecule has 2 amide bonds. The Balaban J connectivity index is 1.54. The molecule has 1 aliphatic heterocycles. The highest BCUT2D eigenvalue weighted by molar-refractivity contribution is 6.05. The minimum Gasteiger partial charge on any atom is -0.378 e. The van der Waals surface area contributed by atoms with Gasteiger partial charge < -0.3 is 15.1 Å². The fourth-order valence-electron chi connectivity index (χ4n) is 3.71. The highest BCUT2D eigenvalue weighted by atomic mass is 16.2. The van der Waals surface area contributed by atoms with Gasteiger partial charge >= 0.3 is 0 Å². The van der Waals surface area contributed by atoms with E-state index in [9.17, 15) is 9.59 Å². The van der Waals surface area contributed by atoms with Crippen molar-refractivity contribution >= 4 is 28.9 Å². The zero-order valence-electron chi connectivity index (χ0n) is 17.3. The van der Waals surface area contributed by atoms with E-state index in [4.69, 9.17) is 0 Å². The van der Waals surface area contributed by atoms with Crippen LogP contribution in [0.1, 0.15) is 27.9 Å². The number of benzene rings is 3. The van der Waals surface area contributed by atoms with Crippen molar-refractivity contribution < 1.29 is 9.59 Å². The molecule has 4 rings (SSSR count). The molecule has 30 heavy (non-hydrogen) atoms. The second kappa shape index (κ2) is 8.41. The zero-order chi connectivity index (χ0) is 21.1. The first kappa shape index (κ1) is 19.7. The van der Waals surface area contributed by atoms with Crippen molar-refractivity contribution in [1.82, 2.24) is 0 Å². The van der Waals surface area contributed by atoms with Gasteiger partial charge in [0, 0.05) is 43.1 Å². The Morgan fingerprint density at radius 1 is 0.967 bits per heavy atom. The number of aryl methyl sites for hydroxylation is 1. The summed E-state index contributed by atoms with van der Waals surface area (Å²) < 4.78 is 0. The van der Waals surface area contributed by atoms with Gasteiger partial charge in [-0.15, -0.1) is 0 Å². The van der Waals surface area contributed by atoms with Gasteiger partial charge in [0.2, 0.25) is 5.91 Å². The molecule has 1 N–H and O–H groups in total. The second-order valence-electron chi connectivity index (χ2n) is 7.71. The zero-order valence-corrected chi connectivity index (χ0v) is 17.3. The minimum absolute atomic E-state index is 0.128. The van der Waals surface area contributed by atoms with E-state index < -0.39 is 0 Å². The van der Waals surface area contributed by atoms with Gasteiger partial charge in [-0.3, -0.25) is 9.59 Å². The molecule has 0 unspecified atom stereocenters. The predicted octanol–water partition coefficient (Wildman–Crippen LogP) is 4.48. The highest BCUT2D eigenvalue weighted by Crippen LogP contribution is 2.31. The van der Waals surface area contributed by atoms with Gasteiger partial charge in [0.1, 0.15) is 0 Å². The van der Waals surface area contributed by atoms with E-state index in [-0.39, 0.29) is 11.8 Å². The SMILES string of the molecule is CN(C)c1cccc(C(=O)Nc2ccc3c(c2)CCC(=O)N3Cc2ccccc2)c1. The van der Waals surface area contributed by atoms with Crippen LogP contribution in [0.25, 0.3) is 0 Å². The van der Waals surface area contributed by atoms with Crippen LogP contribution in [0.3, 0.4) is 0 Å². The summed E-state index contributed by atoms with van der Waals surface area (Å²) in [7, 11) is 3.89. The third-order valence-corrected chi connectivity index (χ3v) is 5.35. The molecule has 0 fully saturated rings. The fraction of sp³-hybridized carbons (Fsp3) is 0.200. The van der Waals surface area contributed by atoms with Crippen molar-refractivity contribution in [2.75, 3.05) is 29.2 Å². The van der Waals surface area contributed by atoms with Gasteiger partial charge in [0.05, 0.1) is 6.54 Å². The molecule has 1 aliphatic rings. The summed E-state index contributed by atoms with van der Waals surface area (Å²) >= 11 is 0. The molecule has 0 radical (unpaired) electrons. The van der Waals surface area contributed by atoms with Crippen molar-refractivity contribution in [1.29, 1.82) is 0 Å². The summed E-state index contributed by atoms with van der Waals surface area (Å²) in [6, 6.07) is 23.3. The van der Waals surface area contributed by atoms with Crippen LogP contribution in [0, 0.1) is 0 Å². The van der Waals surface area contributed by atoms with Crippen LogP contribution in [0.4, 0.5) is 17.1 Å². The van der Waals surface area contributed by atoms with E-state index >= 15 is 0 Å². The number of carbonyl (C=O) groups excluding carboxylic acids is 2. The van der Waals surface area contributed by atoms with Gasteiger partial charge in [-0.25, -0.2) is 0 Å². The third kappa shape index (κ3) is 4.20. The van der Waals surface area contributed by atoms with Crippen LogP contribution >= 0.6 is 0 Å². The molecule has 0 aromatic heterocycles. The molecule has 152 valence electrons. The fourth-order valence-corrected chi connectivity index (χ4v) is 3.71. The van der Waals surface area contributed by atoms with Gasteiger partial charge in [0.25, 0.3) is 5.91 Å². The van der Waals surface area contributed by atoms with Crippen molar-refractivity contribution in [3.63, 3.8) is 0 Å². The standard InChI is InChI=1S/C25H25N3O2/c1-27(2)22-10-6-9-20(16-22)25(30)26-21-12-13-23-19(15-21)11-14-24(29)28(23)17-18-7-4-3-5-8-18/h3-10,12-13,15-16H,11,14,17H2,1-2H3,(H,26,30). The topological polar surface area (TPSA) is 52.7 Å². The van der Waals surface area contributed by atoms with Gasteiger partial charge in [0.15, 0.2) is 0 Å². The number of nitrogens with one attached hydrogen (secondary N) is 1. The summed E-state index contributed by atoms with van der Waals surface area (Å²) in [5, 5.41) is 2.99. The van der Waals surface area contributed by atoms with Crippen LogP contribution in [0.2, 0.25) is 0 Å². The summed E-state index contributed by atoms with van der Waals surface area (Å²) in [4.78, 5) is 29.1. The summed E-state index contributed by atoms with van der Waals surface area (Å²) in [6.45, 7) is 0.551. The third-order valence-electron chi connectivity index (χ3n) is 5.35. The molecule has 5 heteroatoms. The van der Waals surface area contributed by atoms with E-state index in [0.29, 0.717) is 24.9 Å². The number of hydrogen-bond donors (Lipinski definition) is 1. The Bertz CT molecular complexity index is 1080. The van der Waals surface area contributed by atoms with Crippen LogP contribution in [-0.2, 0) is 17.8 Å². The molecule has 0 aliphatic carbocycles. The van der Waals surface area contributed by atoms with Gasteiger partial charge in [-0.1, -0.05) is 36.4 Å². The number of carbonyl (C=O) groups is 2. The van der Waals surface area contributed by atoms with Crippen LogP contribution < -0.4 is 15.1 Å². The molecule has 3 aromatic rings. The Kier molecular flexibility index (Phi) is 5.53. The van der Waals surface area contributed by atoms with Crippen molar-refractivity contribution in [3.05, 3.63) is 89.5 Å². The molecule has 1 heterocycles. The molecular weight excluding hydrogens is 374 g/mol. The lowest BCUT2D eigenvalue weighted by Gasteiger charge is -2.30. The number of rotatable bonds is 5. The molecule has 5 nitrogen and oxygen atoms in total. The first-order valence-electron chi connectivity index (χ1n) is 10.1. The summed E-state index contributed by atoms with van der Waals surface area (Å²) in [5.41, 5.74) is 5.41. The maximum absolute atomic E-state index is 12.7. The van der Waals surface area contributed by atoms with Crippen molar-refractivity contribution in [2.24, 2.45) is 0 Å². The van der Waals surface area contributed by atoms with Crippen LogP contribution in [0.15, 0.2) is 72.8 Å². The molecule has 0 spiro atoms. The molecule has 3 aromatic carbocycles. The normalized spacial score (nSPS) is 13.0. The lowest BCUT2D eigenvalue weighted by Crippen LogP contribution is -2.34. The number of amides is 2. The van der Waals surface area contributed by atoms with Crippen LogP contribution in [-0.4, -0.2) is 25.9 Å². The maximum Gasteiger partial charge on any atom is 0.255 e. The summed E-state index contributed by atoms with van der Waals surface area (Å²) in [6.07, 6.45) is 1.15. The van der Waals surface area contributed by atoms with E-state index in [2.05, 4.69) is 5.32 Å². The first-order chi connectivity index (χ1) is 14.5. The summed E-state index contributed by atoms with van der Waals surface area (Å²) in [5.74, 6) is -0.0182. The average molecular weight is 399 g/mol. The molecule has 0 saturated carbocycles. The van der Waals surface area contributed by atoms with Crippen molar-refractivity contribution in [3.8, 4) is 0 Å². The monoisotopic (exact) mass is 399 g/mol. The molecule has 0 atom stereocenters. The van der Waals surface area contributed by atoms with Crippen molar-refractivity contribution in [2.45, 2.75) is 19.4 Å². The number of fused-ring (bicyclic) bond motifs is 1. The van der Waals surface area contributed by atoms with E-state index in [1.165, 1.54) is 0 Å². The number of nitrogens with zero attached hydrogens (tertiary/aromatic N) is 2. The lowest BCUT2D eigenvalue weighted by atomic mass is 9.99. The molecule has 0 bridgehead atoms. The van der Waals surface area contributed by atoms with E-state index in [1.54, 1.807) is 6.07 Å². The van der Waals surface area contributed by atoms with Gasteiger partial charge in [-0.05, 0) is 53.9 Å². The smallest absolute Gasteiger partial charge is 0.255 e. The number of anilines is 3. The first-order valence-corrected chi connectivity index (χ1v) is 10.1. The van der Waals surface area contributed by atoms with Gasteiger partial charge in [-0.2, -0.15) is 0 Å². The Morgan fingerprint density at radius 2 is 1.77 bits per heavy atom. The largest absolute Gasteiger partial charge is 0.378 e. The highest BCUT2D eigenvalue weighted by Gasteiger charge is 2.24. The predicted molar refractivity (Wildman–Crippen MR) is 121 cm³/mol. The second-order valence-corrected chi connectivity index (χ2v) is 7.71. The van der Waals surface area contributed by atoms with E-state index in [0.717, 1.165) is 28.2 Å². The van der Waals surface area contributed by atoms with E-state index in [1.807, 2.05) is 90.6 Å². The lowest BCUT2D eigenvalue weighted by molar-refractivity contribution is -0.119. The quantitative estimate of drug-likeness (QED) is 0.688. The molecular formula is C25H25N3O2. The van der Waals surface area contributed by atoms with Crippen LogP contribution in [0.5, 0.6) is 0 Å².